The van der Waals surface area contributed by atoms with Crippen molar-refractivity contribution in [2.45, 2.75) is 45.1 Å². The third-order valence-electron chi connectivity index (χ3n) is 4.49. The monoisotopic (exact) mass is 309 g/mol. The normalized spacial score (nSPS) is 17.9. The number of aryl methyl sites for hydroxylation is 1. The van der Waals surface area contributed by atoms with Gasteiger partial charge in [-0.2, -0.15) is 5.26 Å². The molecule has 1 aliphatic rings. The zero-order chi connectivity index (χ0) is 16.1. The number of pyridine rings is 1. The minimum absolute atomic E-state index is 0.433. The van der Waals surface area contributed by atoms with Gasteiger partial charge in [0.25, 0.3) is 0 Å². The van der Waals surface area contributed by atoms with E-state index in [0.717, 1.165) is 38.3 Å². The van der Waals surface area contributed by atoms with Crippen molar-refractivity contribution >= 4 is 5.82 Å². The van der Waals surface area contributed by atoms with Gasteiger partial charge in [0.1, 0.15) is 11.6 Å². The van der Waals surface area contributed by atoms with E-state index in [9.17, 15) is 0 Å². The molecule has 1 unspecified atom stereocenters. The Morgan fingerprint density at radius 2 is 2.26 bits per heavy atom. The summed E-state index contributed by atoms with van der Waals surface area (Å²) in [4.78, 5) is 11.4. The van der Waals surface area contributed by atoms with Crippen LogP contribution in [0, 0.1) is 11.3 Å². The summed E-state index contributed by atoms with van der Waals surface area (Å²) < 4.78 is 2.30. The predicted octanol–water partition coefficient (Wildman–Crippen LogP) is 3.33. The molecule has 1 aliphatic heterocycles. The fraction of sp³-hybridized carbons (Fsp3) is 0.500. The molecule has 1 saturated heterocycles. The van der Waals surface area contributed by atoms with E-state index in [4.69, 9.17) is 5.26 Å². The molecule has 3 rings (SSSR count). The fourth-order valence-corrected chi connectivity index (χ4v) is 3.26. The topological polar surface area (TPSA) is 57.7 Å². The van der Waals surface area contributed by atoms with E-state index >= 15 is 0 Å². The Balaban J connectivity index is 1.76. The van der Waals surface area contributed by atoms with Crippen LogP contribution < -0.4 is 4.90 Å². The minimum atomic E-state index is 0.433. The summed E-state index contributed by atoms with van der Waals surface area (Å²) in [6, 6.07) is 5.83. The maximum Gasteiger partial charge on any atom is 0.129 e. The molecule has 2 aromatic rings. The Morgan fingerprint density at radius 3 is 3.09 bits per heavy atom. The van der Waals surface area contributed by atoms with Crippen LogP contribution in [0.5, 0.6) is 0 Å². The van der Waals surface area contributed by atoms with E-state index in [1.54, 1.807) is 12.3 Å². The molecule has 0 radical (unpaired) electrons. The van der Waals surface area contributed by atoms with Crippen molar-refractivity contribution in [2.24, 2.45) is 0 Å². The van der Waals surface area contributed by atoms with Crippen LogP contribution in [0.1, 0.15) is 49.9 Å². The Hall–Kier alpha value is -2.35. The summed E-state index contributed by atoms with van der Waals surface area (Å²) in [6.07, 6.45) is 10.4. The lowest BCUT2D eigenvalue weighted by molar-refractivity contribution is 0.464. The lowest BCUT2D eigenvalue weighted by Gasteiger charge is -2.33. The first kappa shape index (κ1) is 15.5. The van der Waals surface area contributed by atoms with E-state index in [-0.39, 0.29) is 0 Å². The molecule has 0 bridgehead atoms. The molecule has 0 amide bonds. The van der Waals surface area contributed by atoms with E-state index in [2.05, 4.69) is 38.6 Å². The molecular formula is C18H23N5. The van der Waals surface area contributed by atoms with Gasteiger partial charge in [-0.05, 0) is 31.4 Å². The number of hydrogen-bond donors (Lipinski definition) is 0. The molecule has 5 nitrogen and oxygen atoms in total. The average molecular weight is 309 g/mol. The molecule has 0 saturated carbocycles. The fourth-order valence-electron chi connectivity index (χ4n) is 3.26. The van der Waals surface area contributed by atoms with E-state index in [0.29, 0.717) is 11.5 Å². The highest BCUT2D eigenvalue weighted by Crippen LogP contribution is 2.28. The van der Waals surface area contributed by atoms with E-state index < -0.39 is 0 Å². The van der Waals surface area contributed by atoms with Crippen LogP contribution in [-0.2, 0) is 6.54 Å². The second kappa shape index (κ2) is 7.28. The second-order valence-corrected chi connectivity index (χ2v) is 6.13. The third-order valence-corrected chi connectivity index (χ3v) is 4.49. The molecular weight excluding hydrogens is 286 g/mol. The first-order chi connectivity index (χ1) is 11.3. The van der Waals surface area contributed by atoms with Crippen molar-refractivity contribution in [3.8, 4) is 6.07 Å². The number of anilines is 1. The van der Waals surface area contributed by atoms with E-state index in [1.165, 1.54) is 18.7 Å². The average Bonchev–Trinajstić information content (AvgIpc) is 3.08. The summed E-state index contributed by atoms with van der Waals surface area (Å²) in [5.74, 6) is 2.53. The number of nitriles is 1. The van der Waals surface area contributed by atoms with Crippen molar-refractivity contribution in [1.29, 1.82) is 5.26 Å². The summed E-state index contributed by atoms with van der Waals surface area (Å²) in [7, 11) is 0. The largest absolute Gasteiger partial charge is 0.356 e. The van der Waals surface area contributed by atoms with Crippen molar-refractivity contribution in [3.05, 3.63) is 42.1 Å². The van der Waals surface area contributed by atoms with Gasteiger partial charge in [-0.1, -0.05) is 13.3 Å². The van der Waals surface area contributed by atoms with E-state index in [1.807, 2.05) is 12.3 Å². The molecule has 1 fully saturated rings. The first-order valence-electron chi connectivity index (χ1n) is 8.44. The highest BCUT2D eigenvalue weighted by Gasteiger charge is 2.25. The number of piperidine rings is 1. The van der Waals surface area contributed by atoms with Gasteiger partial charge in [-0.15, -0.1) is 0 Å². The lowest BCUT2D eigenvalue weighted by atomic mass is 9.97. The van der Waals surface area contributed by atoms with Crippen molar-refractivity contribution < 1.29 is 0 Å². The van der Waals surface area contributed by atoms with Gasteiger partial charge in [0.15, 0.2) is 0 Å². The number of rotatable bonds is 5. The van der Waals surface area contributed by atoms with Crippen LogP contribution >= 0.6 is 0 Å². The summed E-state index contributed by atoms with van der Waals surface area (Å²) in [6.45, 7) is 5.18. The number of hydrogen-bond acceptors (Lipinski definition) is 4. The summed E-state index contributed by atoms with van der Waals surface area (Å²) in [5, 5.41) is 9.07. The Morgan fingerprint density at radius 1 is 1.35 bits per heavy atom. The van der Waals surface area contributed by atoms with Gasteiger partial charge < -0.3 is 9.47 Å². The zero-order valence-electron chi connectivity index (χ0n) is 13.6. The van der Waals surface area contributed by atoms with Crippen LogP contribution in [0.4, 0.5) is 5.82 Å². The summed E-state index contributed by atoms with van der Waals surface area (Å²) >= 11 is 0. The Kier molecular flexibility index (Phi) is 4.92. The van der Waals surface area contributed by atoms with Gasteiger partial charge >= 0.3 is 0 Å². The Labute approximate surface area is 137 Å². The molecule has 1 atom stereocenters. The van der Waals surface area contributed by atoms with Gasteiger partial charge in [0.05, 0.1) is 11.6 Å². The minimum Gasteiger partial charge on any atom is -0.356 e. The SMILES string of the molecule is CCCCn1ccnc1C1CCCN(c2cc(C#N)ccn2)C1. The Bertz CT molecular complexity index is 685. The van der Waals surface area contributed by atoms with Crippen LogP contribution in [0.3, 0.4) is 0 Å². The van der Waals surface area contributed by atoms with Crippen LogP contribution in [0.2, 0.25) is 0 Å². The van der Waals surface area contributed by atoms with Crippen molar-refractivity contribution in [3.63, 3.8) is 0 Å². The summed E-state index contributed by atoms with van der Waals surface area (Å²) in [5.41, 5.74) is 0.668. The maximum atomic E-state index is 9.07. The molecule has 23 heavy (non-hydrogen) atoms. The van der Waals surface area contributed by atoms with Gasteiger partial charge in [-0.25, -0.2) is 9.97 Å². The standard InChI is InChI=1S/C18H23N5/c1-2-3-9-22-11-8-21-18(22)16-5-4-10-23(14-16)17-12-15(13-19)6-7-20-17/h6-8,11-12,16H,2-5,9-10,14H2,1H3. The molecule has 0 aliphatic carbocycles. The van der Waals surface area contributed by atoms with Crippen LogP contribution in [-0.4, -0.2) is 27.6 Å². The molecule has 0 spiro atoms. The quantitative estimate of drug-likeness (QED) is 0.850. The van der Waals surface area contributed by atoms with Gasteiger partial charge in [0.2, 0.25) is 0 Å². The smallest absolute Gasteiger partial charge is 0.129 e. The molecule has 5 heteroatoms. The highest BCUT2D eigenvalue weighted by atomic mass is 15.2. The molecule has 3 heterocycles. The first-order valence-corrected chi connectivity index (χ1v) is 8.44. The van der Waals surface area contributed by atoms with Crippen LogP contribution in [0.25, 0.3) is 0 Å². The van der Waals surface area contributed by atoms with Crippen molar-refractivity contribution in [2.75, 3.05) is 18.0 Å². The number of unbranched alkanes of at least 4 members (excludes halogenated alkanes) is 1. The molecule has 120 valence electrons. The predicted molar refractivity (Wildman–Crippen MR) is 90.3 cm³/mol. The maximum absolute atomic E-state index is 9.07. The number of aromatic nitrogens is 3. The van der Waals surface area contributed by atoms with Gasteiger partial charge in [-0.3, -0.25) is 0 Å². The second-order valence-electron chi connectivity index (χ2n) is 6.13. The number of imidazole rings is 1. The third kappa shape index (κ3) is 3.53. The van der Waals surface area contributed by atoms with Crippen LogP contribution in [0.15, 0.2) is 30.7 Å². The lowest BCUT2D eigenvalue weighted by Crippen LogP contribution is -2.36. The van der Waals surface area contributed by atoms with Gasteiger partial charge in [0, 0.05) is 44.1 Å². The number of nitrogens with zero attached hydrogens (tertiary/aromatic N) is 5. The van der Waals surface area contributed by atoms with Crippen molar-refractivity contribution in [1.82, 2.24) is 14.5 Å². The zero-order valence-corrected chi connectivity index (χ0v) is 13.6. The molecule has 0 N–H and O–H groups in total. The highest BCUT2D eigenvalue weighted by molar-refractivity contribution is 5.45. The molecule has 0 aromatic carbocycles. The molecule has 2 aromatic heterocycles.